The van der Waals surface area contributed by atoms with Gasteiger partial charge in [0.25, 0.3) is 0 Å². The Kier molecular flexibility index (Phi) is 5.59. The Balaban J connectivity index is 1.46. The van der Waals surface area contributed by atoms with E-state index in [2.05, 4.69) is 51.1 Å². The molecule has 0 radical (unpaired) electrons. The first-order valence-electron chi connectivity index (χ1n) is 9.56. The fraction of sp³-hybridized carbons (Fsp3) is 0.500. The molecule has 0 aromatic carbocycles. The quantitative estimate of drug-likeness (QED) is 0.735. The molecule has 1 saturated heterocycles. The van der Waals surface area contributed by atoms with E-state index in [0.29, 0.717) is 11.2 Å². The predicted octanol–water partition coefficient (Wildman–Crippen LogP) is 2.90. The molecule has 0 amide bonds. The highest BCUT2D eigenvalue weighted by molar-refractivity contribution is 6.29. The van der Waals surface area contributed by atoms with Crippen molar-refractivity contribution >= 4 is 28.2 Å². The number of morpholine rings is 1. The van der Waals surface area contributed by atoms with Crippen LogP contribution < -0.4 is 0 Å². The van der Waals surface area contributed by atoms with Crippen LogP contribution >= 0.6 is 11.6 Å². The average molecular weight is 388 g/mol. The molecule has 144 valence electrons. The van der Waals surface area contributed by atoms with Crippen molar-refractivity contribution in [3.63, 3.8) is 0 Å². The van der Waals surface area contributed by atoms with Crippen LogP contribution in [0.4, 0.5) is 0 Å². The van der Waals surface area contributed by atoms with E-state index in [0.717, 1.165) is 62.4 Å². The fourth-order valence-electron chi connectivity index (χ4n) is 3.74. The van der Waals surface area contributed by atoms with E-state index in [4.69, 9.17) is 16.3 Å². The Bertz CT molecular complexity index is 836. The molecule has 0 spiro atoms. The number of halogens is 1. The molecule has 1 atom stereocenters. The summed E-state index contributed by atoms with van der Waals surface area (Å²) in [4.78, 5) is 11.4. The summed E-state index contributed by atoms with van der Waals surface area (Å²) in [5, 5.41) is 5.11. The molecule has 6 nitrogen and oxygen atoms in total. The second-order valence-corrected chi connectivity index (χ2v) is 7.59. The summed E-state index contributed by atoms with van der Waals surface area (Å²) in [6, 6.07) is 6.07. The smallest absolute Gasteiger partial charge is 0.129 e. The number of likely N-dealkylation sites (N-methyl/N-ethyl adjacent to an activating group) is 1. The fourth-order valence-corrected chi connectivity index (χ4v) is 3.90. The Hall–Kier alpha value is -1.73. The first kappa shape index (κ1) is 18.6. The van der Waals surface area contributed by atoms with Crippen LogP contribution in [0.3, 0.4) is 0 Å². The van der Waals surface area contributed by atoms with Crippen molar-refractivity contribution in [2.45, 2.75) is 19.4 Å². The van der Waals surface area contributed by atoms with E-state index in [1.807, 2.05) is 12.3 Å². The maximum absolute atomic E-state index is 6.05. The third kappa shape index (κ3) is 4.09. The van der Waals surface area contributed by atoms with Gasteiger partial charge in [0, 0.05) is 51.2 Å². The van der Waals surface area contributed by atoms with Crippen LogP contribution in [0.2, 0.25) is 5.15 Å². The lowest BCUT2D eigenvalue weighted by molar-refractivity contribution is 0.0257. The number of aromatic nitrogens is 2. The molecule has 0 N–H and O–H groups in total. The maximum atomic E-state index is 6.05. The van der Waals surface area contributed by atoms with E-state index < -0.39 is 0 Å². The van der Waals surface area contributed by atoms with Crippen LogP contribution in [0.15, 0.2) is 30.6 Å². The standard InChI is InChI=1S/C20H26ClN5O/c1-15-17(16-12-19-18(22-13-16)4-5-20(21)23-19)14-26(24(15)2)7-3-6-25-8-10-27-11-9-25/h4-5,12-15H,3,6-11H2,1-2H3. The largest absolute Gasteiger partial charge is 0.379 e. The number of ether oxygens (including phenoxy) is 1. The van der Waals surface area contributed by atoms with Crippen LogP contribution in [-0.2, 0) is 4.74 Å². The van der Waals surface area contributed by atoms with Gasteiger partial charge >= 0.3 is 0 Å². The van der Waals surface area contributed by atoms with Gasteiger partial charge in [-0.25, -0.2) is 9.99 Å². The second-order valence-electron chi connectivity index (χ2n) is 7.20. The highest BCUT2D eigenvalue weighted by atomic mass is 35.5. The van der Waals surface area contributed by atoms with Crippen LogP contribution in [0.1, 0.15) is 18.9 Å². The van der Waals surface area contributed by atoms with Crippen molar-refractivity contribution in [1.82, 2.24) is 24.9 Å². The third-order valence-corrected chi connectivity index (χ3v) is 5.72. The van der Waals surface area contributed by atoms with Gasteiger partial charge in [-0.1, -0.05) is 11.6 Å². The van der Waals surface area contributed by atoms with Crippen molar-refractivity contribution in [2.75, 3.05) is 46.4 Å². The molecule has 4 rings (SSSR count). The number of hydrazine groups is 1. The molecule has 0 aliphatic carbocycles. The molecule has 2 aromatic heterocycles. The molecule has 27 heavy (non-hydrogen) atoms. The number of hydrogen-bond donors (Lipinski definition) is 0. The van der Waals surface area contributed by atoms with E-state index in [9.17, 15) is 0 Å². The highest BCUT2D eigenvalue weighted by Crippen LogP contribution is 2.30. The molecule has 2 aliphatic rings. The zero-order valence-electron chi connectivity index (χ0n) is 15.9. The summed E-state index contributed by atoms with van der Waals surface area (Å²) in [5.41, 5.74) is 4.07. The number of nitrogens with zero attached hydrogens (tertiary/aromatic N) is 5. The maximum Gasteiger partial charge on any atom is 0.129 e. The minimum Gasteiger partial charge on any atom is -0.379 e. The Morgan fingerprint density at radius 1 is 1.19 bits per heavy atom. The lowest BCUT2D eigenvalue weighted by atomic mass is 10.0. The predicted molar refractivity (Wildman–Crippen MR) is 108 cm³/mol. The number of pyridine rings is 2. The minimum absolute atomic E-state index is 0.298. The third-order valence-electron chi connectivity index (χ3n) is 5.51. The van der Waals surface area contributed by atoms with Crippen molar-refractivity contribution in [3.8, 4) is 0 Å². The Labute approximate surface area is 165 Å². The minimum atomic E-state index is 0.298. The molecular weight excluding hydrogens is 362 g/mol. The van der Waals surface area contributed by atoms with Crippen molar-refractivity contribution in [3.05, 3.63) is 41.3 Å². The van der Waals surface area contributed by atoms with Gasteiger partial charge in [0.1, 0.15) is 5.15 Å². The van der Waals surface area contributed by atoms with Crippen LogP contribution in [0.25, 0.3) is 16.6 Å². The molecule has 4 heterocycles. The van der Waals surface area contributed by atoms with Gasteiger partial charge in [-0.3, -0.25) is 9.88 Å². The zero-order chi connectivity index (χ0) is 18.8. The first-order chi connectivity index (χ1) is 13.1. The van der Waals surface area contributed by atoms with Gasteiger partial charge in [-0.2, -0.15) is 0 Å². The monoisotopic (exact) mass is 387 g/mol. The summed E-state index contributed by atoms with van der Waals surface area (Å²) in [6.45, 7) is 8.16. The van der Waals surface area contributed by atoms with Gasteiger partial charge in [-0.05, 0) is 37.1 Å². The summed E-state index contributed by atoms with van der Waals surface area (Å²) < 4.78 is 5.42. The SMILES string of the molecule is CC1C(c2cnc3ccc(Cl)nc3c2)=CN(CCCN2CCOCC2)N1C. The summed E-state index contributed by atoms with van der Waals surface area (Å²) in [6.07, 6.45) is 5.32. The molecule has 2 aliphatic heterocycles. The summed E-state index contributed by atoms with van der Waals surface area (Å²) in [5.74, 6) is 0. The van der Waals surface area contributed by atoms with E-state index >= 15 is 0 Å². The first-order valence-corrected chi connectivity index (χ1v) is 9.93. The molecule has 0 bridgehead atoms. The molecule has 2 aromatic rings. The van der Waals surface area contributed by atoms with E-state index in [1.54, 1.807) is 6.07 Å². The molecule has 1 fully saturated rings. The molecule has 7 heteroatoms. The topological polar surface area (TPSA) is 44.7 Å². The Morgan fingerprint density at radius 3 is 2.81 bits per heavy atom. The van der Waals surface area contributed by atoms with Crippen molar-refractivity contribution in [2.24, 2.45) is 0 Å². The lowest BCUT2D eigenvalue weighted by Gasteiger charge is -2.31. The van der Waals surface area contributed by atoms with E-state index in [1.165, 1.54) is 5.57 Å². The summed E-state index contributed by atoms with van der Waals surface area (Å²) >= 11 is 6.05. The van der Waals surface area contributed by atoms with Gasteiger partial charge < -0.3 is 9.75 Å². The van der Waals surface area contributed by atoms with Gasteiger partial charge in [0.2, 0.25) is 0 Å². The number of rotatable bonds is 5. The van der Waals surface area contributed by atoms with Crippen molar-refractivity contribution in [1.29, 1.82) is 0 Å². The van der Waals surface area contributed by atoms with Gasteiger partial charge in [-0.15, -0.1) is 0 Å². The van der Waals surface area contributed by atoms with Gasteiger partial charge in [0.15, 0.2) is 0 Å². The zero-order valence-corrected chi connectivity index (χ0v) is 16.7. The van der Waals surface area contributed by atoms with Crippen LogP contribution in [-0.4, -0.2) is 77.4 Å². The molecule has 1 unspecified atom stereocenters. The lowest BCUT2D eigenvalue weighted by Crippen LogP contribution is -2.40. The summed E-state index contributed by atoms with van der Waals surface area (Å²) in [7, 11) is 2.15. The molecule has 0 saturated carbocycles. The number of hydrogen-bond acceptors (Lipinski definition) is 6. The molecular formula is C20H26ClN5O. The van der Waals surface area contributed by atoms with Crippen molar-refractivity contribution < 1.29 is 4.74 Å². The normalized spacial score (nSPS) is 21.8. The highest BCUT2D eigenvalue weighted by Gasteiger charge is 2.27. The van der Waals surface area contributed by atoms with Crippen LogP contribution in [0, 0.1) is 0 Å². The van der Waals surface area contributed by atoms with Crippen LogP contribution in [0.5, 0.6) is 0 Å². The van der Waals surface area contributed by atoms with Gasteiger partial charge in [0.05, 0.1) is 30.3 Å². The Morgan fingerprint density at radius 2 is 2.00 bits per heavy atom. The van der Waals surface area contributed by atoms with E-state index in [-0.39, 0.29) is 0 Å². The number of fused-ring (bicyclic) bond motifs is 1. The second kappa shape index (κ2) is 8.10. The average Bonchev–Trinajstić information content (AvgIpc) is 2.97.